The number of hydrogen-bond donors (Lipinski definition) is 2. The molecule has 1 amide bonds. The summed E-state index contributed by atoms with van der Waals surface area (Å²) < 4.78 is 0. The van der Waals surface area contributed by atoms with Crippen molar-refractivity contribution in [2.45, 2.75) is 43.5 Å². The summed E-state index contributed by atoms with van der Waals surface area (Å²) in [6.45, 7) is 2.72. The average molecular weight is 279 g/mol. The zero-order valence-electron chi connectivity index (χ0n) is 11.3. The summed E-state index contributed by atoms with van der Waals surface area (Å²) in [4.78, 5) is 15.3. The quantitative estimate of drug-likeness (QED) is 0.817. The molecule has 2 rings (SSSR count). The van der Waals surface area contributed by atoms with Crippen molar-refractivity contribution in [3.63, 3.8) is 0 Å². The van der Waals surface area contributed by atoms with Crippen molar-refractivity contribution in [1.82, 2.24) is 4.90 Å². The number of likely N-dealkylation sites (tertiary alicyclic amines) is 1. The Balaban J connectivity index is 2.27. The smallest absolute Gasteiger partial charge is 0.254 e. The van der Waals surface area contributed by atoms with E-state index in [0.29, 0.717) is 5.56 Å². The Bertz CT molecular complexity index is 461. The summed E-state index contributed by atoms with van der Waals surface area (Å²) >= 11 is 4.31. The number of nitrogens with zero attached hydrogens (tertiary/aromatic N) is 1. The van der Waals surface area contributed by atoms with E-state index in [1.807, 2.05) is 30.0 Å². The third-order valence-corrected chi connectivity index (χ3v) is 4.08. The van der Waals surface area contributed by atoms with Crippen LogP contribution >= 0.6 is 12.6 Å². The van der Waals surface area contributed by atoms with Gasteiger partial charge in [0.1, 0.15) is 0 Å². The molecule has 1 aromatic carbocycles. The number of rotatable bonds is 2. The maximum atomic E-state index is 12.7. The minimum absolute atomic E-state index is 0.0225. The molecule has 0 radical (unpaired) electrons. The summed E-state index contributed by atoms with van der Waals surface area (Å²) in [5.74, 6) is 0.0225. The van der Waals surface area contributed by atoms with Gasteiger partial charge in [-0.05, 0) is 37.5 Å². The highest BCUT2D eigenvalue weighted by atomic mass is 32.1. The van der Waals surface area contributed by atoms with E-state index >= 15 is 0 Å². The number of benzene rings is 1. The summed E-state index contributed by atoms with van der Waals surface area (Å²) in [6.07, 6.45) is 4.12. The Morgan fingerprint density at radius 1 is 1.42 bits per heavy atom. The Labute approximate surface area is 120 Å². The molecule has 4 heteroatoms. The van der Waals surface area contributed by atoms with Crippen LogP contribution in [0.25, 0.3) is 0 Å². The number of aliphatic hydroxyl groups excluding tert-OH is 1. The monoisotopic (exact) mass is 279 g/mol. The zero-order valence-corrected chi connectivity index (χ0v) is 12.2. The summed E-state index contributed by atoms with van der Waals surface area (Å²) in [7, 11) is 0. The van der Waals surface area contributed by atoms with Gasteiger partial charge in [-0.1, -0.05) is 18.9 Å². The fourth-order valence-electron chi connectivity index (χ4n) is 2.63. The van der Waals surface area contributed by atoms with Gasteiger partial charge in [-0.25, -0.2) is 0 Å². The predicted octanol–water partition coefficient (Wildman–Crippen LogP) is 2.66. The second kappa shape index (κ2) is 6.44. The normalized spacial score (nSPS) is 20.2. The van der Waals surface area contributed by atoms with Crippen LogP contribution < -0.4 is 0 Å². The molecule has 1 atom stereocenters. The van der Waals surface area contributed by atoms with Crippen molar-refractivity contribution in [3.05, 3.63) is 29.3 Å². The van der Waals surface area contributed by atoms with Gasteiger partial charge in [0, 0.05) is 17.0 Å². The second-order valence-corrected chi connectivity index (χ2v) is 5.70. The van der Waals surface area contributed by atoms with E-state index in [9.17, 15) is 9.90 Å². The van der Waals surface area contributed by atoms with Crippen LogP contribution in [-0.4, -0.2) is 35.1 Å². The highest BCUT2D eigenvalue weighted by Gasteiger charge is 2.26. The molecule has 0 bridgehead atoms. The van der Waals surface area contributed by atoms with Crippen LogP contribution in [-0.2, 0) is 0 Å². The van der Waals surface area contributed by atoms with E-state index < -0.39 is 0 Å². The van der Waals surface area contributed by atoms with Crippen molar-refractivity contribution in [2.24, 2.45) is 0 Å². The zero-order chi connectivity index (χ0) is 13.8. The van der Waals surface area contributed by atoms with Gasteiger partial charge in [0.05, 0.1) is 12.6 Å². The Morgan fingerprint density at radius 2 is 2.21 bits per heavy atom. The summed E-state index contributed by atoms with van der Waals surface area (Å²) in [5.41, 5.74) is 1.66. The standard InChI is InChI=1S/C15H21NO2S/c1-11-6-7-13(19)9-14(11)15(18)16-8-4-2-3-5-12(16)10-17/h6-7,9,12,17,19H,2-5,8,10H2,1H3. The first-order chi connectivity index (χ1) is 9.13. The van der Waals surface area contributed by atoms with Crippen LogP contribution in [0.1, 0.15) is 41.6 Å². The molecule has 104 valence electrons. The van der Waals surface area contributed by atoms with E-state index in [2.05, 4.69) is 12.6 Å². The van der Waals surface area contributed by atoms with Gasteiger partial charge in [0.15, 0.2) is 0 Å². The lowest BCUT2D eigenvalue weighted by molar-refractivity contribution is 0.0599. The minimum Gasteiger partial charge on any atom is -0.394 e. The third-order valence-electron chi connectivity index (χ3n) is 3.80. The molecule has 1 heterocycles. The van der Waals surface area contributed by atoms with Crippen molar-refractivity contribution < 1.29 is 9.90 Å². The fourth-order valence-corrected chi connectivity index (χ4v) is 2.83. The number of carbonyl (C=O) groups excluding carboxylic acids is 1. The highest BCUT2D eigenvalue weighted by molar-refractivity contribution is 7.80. The topological polar surface area (TPSA) is 40.5 Å². The van der Waals surface area contributed by atoms with Crippen molar-refractivity contribution >= 4 is 18.5 Å². The maximum absolute atomic E-state index is 12.7. The van der Waals surface area contributed by atoms with Crippen molar-refractivity contribution in [3.8, 4) is 0 Å². The van der Waals surface area contributed by atoms with Gasteiger partial charge in [-0.3, -0.25) is 4.79 Å². The molecule has 3 nitrogen and oxygen atoms in total. The van der Waals surface area contributed by atoms with Crippen LogP contribution in [0.2, 0.25) is 0 Å². The first-order valence-electron chi connectivity index (χ1n) is 6.85. The third kappa shape index (κ3) is 3.31. The molecule has 0 aliphatic carbocycles. The molecule has 0 spiro atoms. The number of hydrogen-bond acceptors (Lipinski definition) is 3. The Morgan fingerprint density at radius 3 is 2.95 bits per heavy atom. The molecular weight excluding hydrogens is 258 g/mol. The van der Waals surface area contributed by atoms with Crippen LogP contribution in [0.3, 0.4) is 0 Å². The summed E-state index contributed by atoms with van der Waals surface area (Å²) in [5, 5.41) is 9.50. The number of thiol groups is 1. The van der Waals surface area contributed by atoms with Gasteiger partial charge in [0.25, 0.3) is 5.91 Å². The molecule has 0 aromatic heterocycles. The Kier molecular flexibility index (Phi) is 4.88. The second-order valence-electron chi connectivity index (χ2n) is 5.18. The molecule has 1 aromatic rings. The van der Waals surface area contributed by atoms with Crippen LogP contribution in [0, 0.1) is 6.92 Å². The number of aryl methyl sites for hydroxylation is 1. The van der Waals surface area contributed by atoms with E-state index in [1.165, 1.54) is 0 Å². The minimum atomic E-state index is -0.0435. The lowest BCUT2D eigenvalue weighted by Gasteiger charge is -2.29. The first-order valence-corrected chi connectivity index (χ1v) is 7.29. The molecule has 1 unspecified atom stereocenters. The van der Waals surface area contributed by atoms with Crippen molar-refractivity contribution in [2.75, 3.05) is 13.2 Å². The molecule has 0 saturated carbocycles. The molecule has 1 aliphatic heterocycles. The van der Waals surface area contributed by atoms with E-state index in [4.69, 9.17) is 0 Å². The van der Waals surface area contributed by atoms with Gasteiger partial charge < -0.3 is 10.0 Å². The van der Waals surface area contributed by atoms with Crippen molar-refractivity contribution in [1.29, 1.82) is 0 Å². The Hall–Kier alpha value is -1.00. The molecule has 1 fully saturated rings. The first kappa shape index (κ1) is 14.4. The van der Waals surface area contributed by atoms with Gasteiger partial charge in [-0.15, -0.1) is 12.6 Å². The predicted molar refractivity (Wildman–Crippen MR) is 78.8 cm³/mol. The fraction of sp³-hybridized carbons (Fsp3) is 0.533. The van der Waals surface area contributed by atoms with Gasteiger partial charge in [0.2, 0.25) is 0 Å². The lowest BCUT2D eigenvalue weighted by atomic mass is 10.1. The average Bonchev–Trinajstić information content (AvgIpc) is 2.65. The number of aliphatic hydroxyl groups is 1. The van der Waals surface area contributed by atoms with Gasteiger partial charge >= 0.3 is 0 Å². The molecule has 19 heavy (non-hydrogen) atoms. The molecular formula is C15H21NO2S. The lowest BCUT2D eigenvalue weighted by Crippen LogP contribution is -2.42. The number of carbonyl (C=O) groups is 1. The molecule has 1 aliphatic rings. The number of amides is 1. The molecule has 1 saturated heterocycles. The van der Waals surface area contributed by atoms with E-state index in [-0.39, 0.29) is 18.6 Å². The maximum Gasteiger partial charge on any atom is 0.254 e. The molecule has 1 N–H and O–H groups in total. The van der Waals surface area contributed by atoms with E-state index in [0.717, 1.165) is 42.7 Å². The largest absolute Gasteiger partial charge is 0.394 e. The van der Waals surface area contributed by atoms with Crippen LogP contribution in [0.4, 0.5) is 0 Å². The highest BCUT2D eigenvalue weighted by Crippen LogP contribution is 2.22. The van der Waals surface area contributed by atoms with E-state index in [1.54, 1.807) is 0 Å². The van der Waals surface area contributed by atoms with Crippen LogP contribution in [0.5, 0.6) is 0 Å². The van der Waals surface area contributed by atoms with Crippen LogP contribution in [0.15, 0.2) is 23.1 Å². The summed E-state index contributed by atoms with van der Waals surface area (Å²) in [6, 6.07) is 5.58. The van der Waals surface area contributed by atoms with Gasteiger partial charge in [-0.2, -0.15) is 0 Å². The SMILES string of the molecule is Cc1ccc(S)cc1C(=O)N1CCCCCC1CO.